The molecular formula is C18H24FIN4O3. The second-order valence-electron chi connectivity index (χ2n) is 5.52. The number of nitrogens with one attached hydrogen (secondary N) is 2. The molecule has 1 heterocycles. The number of rotatable bonds is 8. The van der Waals surface area contributed by atoms with Crippen molar-refractivity contribution in [1.82, 2.24) is 10.6 Å². The maximum Gasteiger partial charge on any atom is 0.284 e. The number of amides is 1. The monoisotopic (exact) mass is 490 g/mol. The summed E-state index contributed by atoms with van der Waals surface area (Å²) in [7, 11) is 1.63. The van der Waals surface area contributed by atoms with Crippen molar-refractivity contribution in [3.05, 3.63) is 53.7 Å². The van der Waals surface area contributed by atoms with E-state index in [0.717, 1.165) is 0 Å². The Morgan fingerprint density at radius 1 is 1.30 bits per heavy atom. The van der Waals surface area contributed by atoms with E-state index >= 15 is 0 Å². The largest absolute Gasteiger partial charge is 0.486 e. The van der Waals surface area contributed by atoms with E-state index in [1.54, 1.807) is 31.3 Å². The zero-order valence-electron chi connectivity index (χ0n) is 15.2. The van der Waals surface area contributed by atoms with E-state index in [1.165, 1.54) is 12.1 Å². The van der Waals surface area contributed by atoms with Gasteiger partial charge in [-0.1, -0.05) is 19.1 Å². The molecule has 0 spiro atoms. The third-order valence-electron chi connectivity index (χ3n) is 3.64. The third kappa shape index (κ3) is 7.08. The standard InChI is InChI=1S/C18H23FN4O3.HI/c1-3-12(25-15-7-5-4-6-14(15)19)10-22-18(21-2)23-11-13-8-9-16(26-13)17(20)24;/h4-9,12H,3,10-11H2,1-2H3,(H2,20,24)(H2,21,22,23);1H. The topological polar surface area (TPSA) is 102 Å². The predicted molar refractivity (Wildman–Crippen MR) is 112 cm³/mol. The first kappa shape index (κ1) is 22.7. The summed E-state index contributed by atoms with van der Waals surface area (Å²) in [4.78, 5) is 15.1. The molecule has 1 unspecified atom stereocenters. The van der Waals surface area contributed by atoms with Crippen LogP contribution in [-0.2, 0) is 6.54 Å². The number of halogens is 2. The Hall–Kier alpha value is -2.30. The fourth-order valence-electron chi connectivity index (χ4n) is 2.20. The minimum absolute atomic E-state index is 0. The van der Waals surface area contributed by atoms with Gasteiger partial charge in [0.25, 0.3) is 5.91 Å². The van der Waals surface area contributed by atoms with Crippen LogP contribution in [0, 0.1) is 5.82 Å². The van der Waals surface area contributed by atoms with Crippen molar-refractivity contribution < 1.29 is 18.3 Å². The van der Waals surface area contributed by atoms with Crippen LogP contribution in [0.5, 0.6) is 5.75 Å². The van der Waals surface area contributed by atoms with Gasteiger partial charge >= 0.3 is 0 Å². The molecule has 0 aliphatic carbocycles. The van der Waals surface area contributed by atoms with Crippen LogP contribution in [0.3, 0.4) is 0 Å². The highest BCUT2D eigenvalue weighted by atomic mass is 127. The van der Waals surface area contributed by atoms with E-state index in [1.807, 2.05) is 6.92 Å². The second kappa shape index (κ2) is 11.4. The molecule has 148 valence electrons. The van der Waals surface area contributed by atoms with Crippen LogP contribution >= 0.6 is 24.0 Å². The number of nitrogens with two attached hydrogens (primary N) is 1. The fourth-order valence-corrected chi connectivity index (χ4v) is 2.20. The van der Waals surface area contributed by atoms with Crippen molar-refractivity contribution in [3.63, 3.8) is 0 Å². The molecule has 0 saturated carbocycles. The molecule has 0 saturated heterocycles. The van der Waals surface area contributed by atoms with Crippen LogP contribution in [0.15, 0.2) is 45.8 Å². The molecule has 7 nitrogen and oxygen atoms in total. The number of benzene rings is 1. The summed E-state index contributed by atoms with van der Waals surface area (Å²) in [5, 5.41) is 6.17. The molecule has 1 atom stereocenters. The highest BCUT2D eigenvalue weighted by molar-refractivity contribution is 14.0. The zero-order valence-corrected chi connectivity index (χ0v) is 17.5. The number of primary amides is 1. The van der Waals surface area contributed by atoms with Gasteiger partial charge in [0.2, 0.25) is 0 Å². The molecule has 1 amide bonds. The second-order valence-corrected chi connectivity index (χ2v) is 5.52. The number of guanidine groups is 1. The molecule has 0 aliphatic heterocycles. The molecule has 1 aromatic carbocycles. The minimum atomic E-state index is -0.616. The summed E-state index contributed by atoms with van der Waals surface area (Å²) < 4.78 is 24.7. The van der Waals surface area contributed by atoms with Gasteiger partial charge in [-0.3, -0.25) is 9.79 Å². The number of furan rings is 1. The average Bonchev–Trinajstić information content (AvgIpc) is 3.11. The number of nitrogens with zero attached hydrogens (tertiary/aromatic N) is 1. The Labute approximate surface area is 174 Å². The lowest BCUT2D eigenvalue weighted by Gasteiger charge is -2.20. The van der Waals surface area contributed by atoms with E-state index in [-0.39, 0.29) is 41.6 Å². The van der Waals surface area contributed by atoms with Crippen LogP contribution in [0.2, 0.25) is 0 Å². The third-order valence-corrected chi connectivity index (χ3v) is 3.64. The van der Waals surface area contributed by atoms with Gasteiger partial charge in [0.05, 0.1) is 13.1 Å². The summed E-state index contributed by atoms with van der Waals surface area (Å²) in [5.74, 6) is 0.396. The van der Waals surface area contributed by atoms with Crippen LogP contribution in [-0.4, -0.2) is 31.6 Å². The normalized spacial score (nSPS) is 12.0. The van der Waals surface area contributed by atoms with Crippen LogP contribution in [0.4, 0.5) is 4.39 Å². The molecule has 4 N–H and O–H groups in total. The van der Waals surface area contributed by atoms with E-state index in [9.17, 15) is 9.18 Å². The summed E-state index contributed by atoms with van der Waals surface area (Å²) in [6, 6.07) is 9.48. The lowest BCUT2D eigenvalue weighted by atomic mass is 10.2. The molecule has 1 aromatic heterocycles. The number of hydrogen-bond donors (Lipinski definition) is 3. The van der Waals surface area contributed by atoms with Gasteiger partial charge in [-0.2, -0.15) is 0 Å². The predicted octanol–water partition coefficient (Wildman–Crippen LogP) is 2.66. The molecule has 0 fully saturated rings. The molecule has 0 aliphatic rings. The highest BCUT2D eigenvalue weighted by Gasteiger charge is 2.12. The van der Waals surface area contributed by atoms with Gasteiger partial charge in [0, 0.05) is 7.05 Å². The Balaban J connectivity index is 0.00000364. The summed E-state index contributed by atoms with van der Waals surface area (Å²) in [6.45, 7) is 2.73. The smallest absolute Gasteiger partial charge is 0.284 e. The van der Waals surface area contributed by atoms with Gasteiger partial charge in [0.15, 0.2) is 23.3 Å². The lowest BCUT2D eigenvalue weighted by Crippen LogP contribution is -2.42. The van der Waals surface area contributed by atoms with Crippen molar-refractivity contribution in [1.29, 1.82) is 0 Å². The van der Waals surface area contributed by atoms with Gasteiger partial charge in [-0.15, -0.1) is 24.0 Å². The van der Waals surface area contributed by atoms with Crippen molar-refractivity contribution in [3.8, 4) is 5.75 Å². The Morgan fingerprint density at radius 3 is 2.63 bits per heavy atom. The number of ether oxygens (including phenoxy) is 1. The fraction of sp³-hybridized carbons (Fsp3) is 0.333. The number of carbonyl (C=O) groups excluding carboxylic acids is 1. The summed E-state index contributed by atoms with van der Waals surface area (Å²) in [6.07, 6.45) is 0.467. The minimum Gasteiger partial charge on any atom is -0.486 e. The molecular weight excluding hydrogens is 466 g/mol. The maximum absolute atomic E-state index is 13.7. The molecule has 9 heteroatoms. The van der Waals surface area contributed by atoms with Gasteiger partial charge in [-0.25, -0.2) is 4.39 Å². The molecule has 0 bridgehead atoms. The molecule has 27 heavy (non-hydrogen) atoms. The van der Waals surface area contributed by atoms with Gasteiger partial charge < -0.3 is 25.5 Å². The molecule has 2 rings (SSSR count). The number of carbonyl (C=O) groups is 1. The summed E-state index contributed by atoms with van der Waals surface area (Å²) in [5.41, 5.74) is 5.15. The zero-order chi connectivity index (χ0) is 18.9. The van der Waals surface area contributed by atoms with E-state index < -0.39 is 11.7 Å². The Kier molecular flexibility index (Phi) is 9.62. The van der Waals surface area contributed by atoms with Gasteiger partial charge in [-0.05, 0) is 30.7 Å². The maximum atomic E-state index is 13.7. The van der Waals surface area contributed by atoms with Crippen molar-refractivity contribution in [2.45, 2.75) is 26.0 Å². The molecule has 2 aromatic rings. The first-order valence-corrected chi connectivity index (χ1v) is 8.27. The van der Waals surface area contributed by atoms with Crippen molar-refractivity contribution in [2.75, 3.05) is 13.6 Å². The number of hydrogen-bond acceptors (Lipinski definition) is 4. The first-order valence-electron chi connectivity index (χ1n) is 8.27. The quantitative estimate of drug-likeness (QED) is 0.300. The number of para-hydroxylation sites is 1. The highest BCUT2D eigenvalue weighted by Crippen LogP contribution is 2.17. The lowest BCUT2D eigenvalue weighted by molar-refractivity contribution is 0.0972. The van der Waals surface area contributed by atoms with E-state index in [2.05, 4.69) is 15.6 Å². The average molecular weight is 490 g/mol. The Morgan fingerprint density at radius 2 is 2.04 bits per heavy atom. The molecule has 0 radical (unpaired) electrons. The SMILES string of the molecule is CCC(CNC(=NC)NCc1ccc(C(N)=O)o1)Oc1ccccc1F.I. The van der Waals surface area contributed by atoms with Crippen molar-refractivity contribution >= 4 is 35.8 Å². The van der Waals surface area contributed by atoms with Gasteiger partial charge in [0.1, 0.15) is 11.9 Å². The van der Waals surface area contributed by atoms with Crippen LogP contribution in [0.1, 0.15) is 29.7 Å². The van der Waals surface area contributed by atoms with E-state index in [0.29, 0.717) is 31.2 Å². The Bertz CT molecular complexity index is 767. The van der Waals surface area contributed by atoms with Crippen LogP contribution < -0.4 is 21.1 Å². The first-order chi connectivity index (χ1) is 12.5. The van der Waals surface area contributed by atoms with Crippen LogP contribution in [0.25, 0.3) is 0 Å². The number of aliphatic imine (C=N–C) groups is 1. The van der Waals surface area contributed by atoms with Crippen molar-refractivity contribution in [2.24, 2.45) is 10.7 Å². The van der Waals surface area contributed by atoms with E-state index in [4.69, 9.17) is 14.9 Å². The summed E-state index contributed by atoms with van der Waals surface area (Å²) >= 11 is 0.